The van der Waals surface area contributed by atoms with Gasteiger partial charge in [0.2, 0.25) is 11.7 Å². The molecule has 0 saturated carbocycles. The van der Waals surface area contributed by atoms with E-state index in [9.17, 15) is 4.79 Å². The van der Waals surface area contributed by atoms with Crippen molar-refractivity contribution >= 4 is 22.3 Å². The molecule has 0 radical (unpaired) electrons. The van der Waals surface area contributed by atoms with Gasteiger partial charge in [-0.15, -0.1) is 15.3 Å². The first-order chi connectivity index (χ1) is 16.5. The lowest BCUT2D eigenvalue weighted by Gasteiger charge is -2.12. The van der Waals surface area contributed by atoms with E-state index in [4.69, 9.17) is 9.26 Å². The first-order valence-corrected chi connectivity index (χ1v) is 11.0. The number of fused-ring (bicyclic) bond motifs is 3. The van der Waals surface area contributed by atoms with Crippen LogP contribution in [0.2, 0.25) is 0 Å². The zero-order chi connectivity index (χ0) is 23.7. The van der Waals surface area contributed by atoms with Crippen LogP contribution in [0.4, 0.5) is 0 Å². The lowest BCUT2D eigenvalue weighted by Crippen LogP contribution is -2.31. The molecule has 0 bridgehead atoms. The fourth-order valence-corrected chi connectivity index (χ4v) is 3.49. The number of carbonyl (C=O) groups excluding carboxylic acids is 1. The van der Waals surface area contributed by atoms with Gasteiger partial charge >= 0.3 is 0 Å². The number of nitrogens with one attached hydrogen (secondary N) is 1. The van der Waals surface area contributed by atoms with Crippen LogP contribution in [0, 0.1) is 6.92 Å². The van der Waals surface area contributed by atoms with Crippen LogP contribution < -0.4 is 10.1 Å². The van der Waals surface area contributed by atoms with Crippen LogP contribution in [0.5, 0.6) is 5.88 Å². The molecule has 0 fully saturated rings. The summed E-state index contributed by atoms with van der Waals surface area (Å²) in [5.41, 5.74) is 2.30. The van der Waals surface area contributed by atoms with Crippen molar-refractivity contribution in [1.82, 2.24) is 35.3 Å². The van der Waals surface area contributed by atoms with E-state index in [-0.39, 0.29) is 18.6 Å². The average Bonchev–Trinajstić information content (AvgIpc) is 3.48. The van der Waals surface area contributed by atoms with Crippen LogP contribution >= 0.6 is 0 Å². The van der Waals surface area contributed by atoms with Crippen molar-refractivity contribution in [3.63, 3.8) is 0 Å². The number of carbonyl (C=O) groups is 1. The molecule has 0 aliphatic heterocycles. The fraction of sp³-hybridized carbons (Fsp3) is 0.250. The minimum Gasteiger partial charge on any atom is -0.470 e. The second-order valence-electron chi connectivity index (χ2n) is 8.04. The number of aryl methyl sites for hydroxylation is 1. The number of nitrogens with zero attached hydrogens (tertiary/aromatic N) is 6. The Morgan fingerprint density at radius 2 is 2.00 bits per heavy atom. The summed E-state index contributed by atoms with van der Waals surface area (Å²) in [6.45, 7) is 5.97. The van der Waals surface area contributed by atoms with Crippen molar-refractivity contribution in [3.8, 4) is 17.4 Å². The molecule has 10 nitrogen and oxygen atoms in total. The maximum atomic E-state index is 12.3. The van der Waals surface area contributed by atoms with Crippen LogP contribution in [-0.4, -0.2) is 41.9 Å². The predicted molar refractivity (Wildman–Crippen MR) is 124 cm³/mol. The molecule has 1 N–H and O–H groups in total. The normalized spacial score (nSPS) is 12.2. The third-order valence-corrected chi connectivity index (χ3v) is 5.52. The van der Waals surface area contributed by atoms with Gasteiger partial charge in [-0.05, 0) is 38.5 Å². The lowest BCUT2D eigenvalue weighted by atomic mass is 10.2. The molecule has 5 aromatic rings. The summed E-state index contributed by atoms with van der Waals surface area (Å²) < 4.78 is 12.9. The Hall–Kier alpha value is -4.34. The highest BCUT2D eigenvalue weighted by Gasteiger charge is 2.18. The van der Waals surface area contributed by atoms with Crippen molar-refractivity contribution in [1.29, 1.82) is 0 Å². The van der Waals surface area contributed by atoms with Crippen LogP contribution in [0.25, 0.3) is 27.9 Å². The van der Waals surface area contributed by atoms with Gasteiger partial charge in [0.15, 0.2) is 11.3 Å². The van der Waals surface area contributed by atoms with Gasteiger partial charge in [-0.25, -0.2) is 0 Å². The second-order valence-corrected chi connectivity index (χ2v) is 8.04. The summed E-state index contributed by atoms with van der Waals surface area (Å²) in [5, 5.41) is 21.8. The van der Waals surface area contributed by atoms with Crippen molar-refractivity contribution in [2.45, 2.75) is 39.8 Å². The van der Waals surface area contributed by atoms with Gasteiger partial charge in [-0.1, -0.05) is 30.3 Å². The highest BCUT2D eigenvalue weighted by atomic mass is 16.5. The molecule has 4 heterocycles. The third kappa shape index (κ3) is 4.05. The van der Waals surface area contributed by atoms with Gasteiger partial charge in [0.05, 0.1) is 11.3 Å². The van der Waals surface area contributed by atoms with Crippen molar-refractivity contribution in [2.24, 2.45) is 0 Å². The molecular formula is C24H23N7O3. The summed E-state index contributed by atoms with van der Waals surface area (Å²) in [6.07, 6.45) is 2.41. The third-order valence-electron chi connectivity index (χ3n) is 5.52. The van der Waals surface area contributed by atoms with Gasteiger partial charge in [0.25, 0.3) is 5.91 Å². The maximum absolute atomic E-state index is 12.3. The van der Waals surface area contributed by atoms with Gasteiger partial charge in [-0.3, -0.25) is 9.78 Å². The smallest absolute Gasteiger partial charge is 0.253 e. The van der Waals surface area contributed by atoms with Crippen molar-refractivity contribution < 1.29 is 14.1 Å². The summed E-state index contributed by atoms with van der Waals surface area (Å²) in [6, 6.07) is 13.1. The van der Waals surface area contributed by atoms with Crippen LogP contribution in [-0.2, 0) is 6.61 Å². The molecule has 1 aromatic carbocycles. The molecule has 0 aliphatic rings. The summed E-state index contributed by atoms with van der Waals surface area (Å²) in [7, 11) is 0. The zero-order valence-corrected chi connectivity index (χ0v) is 19.0. The molecule has 10 heteroatoms. The highest BCUT2D eigenvalue weighted by molar-refractivity contribution is 5.97. The predicted octanol–water partition coefficient (Wildman–Crippen LogP) is 3.74. The molecule has 4 aromatic heterocycles. The van der Waals surface area contributed by atoms with E-state index in [1.807, 2.05) is 45.0 Å². The monoisotopic (exact) mass is 457 g/mol. The number of rotatable bonds is 7. The molecule has 0 saturated heterocycles. The SMILES string of the molecule is CCC(C)NC(=O)c1ccc(COc2nn3c(-c4cc(C)on4)nnc3c3ccccc23)nc1. The van der Waals surface area contributed by atoms with Crippen LogP contribution in [0.1, 0.15) is 42.1 Å². The van der Waals surface area contributed by atoms with Crippen LogP contribution in [0.15, 0.2) is 53.2 Å². The number of benzene rings is 1. The van der Waals surface area contributed by atoms with E-state index in [0.29, 0.717) is 40.1 Å². The lowest BCUT2D eigenvalue weighted by molar-refractivity contribution is 0.0939. The number of ether oxygens (including phenoxy) is 1. The van der Waals surface area contributed by atoms with Crippen molar-refractivity contribution in [2.75, 3.05) is 0 Å². The average molecular weight is 457 g/mol. The molecule has 34 heavy (non-hydrogen) atoms. The van der Waals surface area contributed by atoms with Crippen LogP contribution in [0.3, 0.4) is 0 Å². The zero-order valence-electron chi connectivity index (χ0n) is 19.0. The van der Waals surface area contributed by atoms with E-state index >= 15 is 0 Å². The Labute approximate surface area is 195 Å². The van der Waals surface area contributed by atoms with E-state index in [0.717, 1.165) is 17.2 Å². The standard InChI is InChI=1S/C24H23N7O3/c1-4-14(2)26-23(32)16-9-10-17(25-12-16)13-33-24-19-8-6-5-7-18(19)21-27-28-22(31(21)29-24)20-11-15(3)34-30-20/h5-12,14H,4,13H2,1-3H3,(H,26,32). The van der Waals surface area contributed by atoms with Crippen molar-refractivity contribution in [3.05, 3.63) is 65.7 Å². The summed E-state index contributed by atoms with van der Waals surface area (Å²) in [4.78, 5) is 16.7. The fourth-order valence-electron chi connectivity index (χ4n) is 3.49. The van der Waals surface area contributed by atoms with Gasteiger partial charge in [0, 0.05) is 29.1 Å². The number of hydrogen-bond acceptors (Lipinski definition) is 8. The number of pyridine rings is 1. The molecule has 1 unspecified atom stereocenters. The quantitative estimate of drug-likeness (QED) is 0.392. The second kappa shape index (κ2) is 8.89. The first kappa shape index (κ1) is 21.5. The molecule has 172 valence electrons. The van der Waals surface area contributed by atoms with E-state index in [2.05, 4.69) is 30.8 Å². The molecule has 1 amide bonds. The number of aromatic nitrogens is 6. The minimum atomic E-state index is -0.143. The Bertz CT molecular complexity index is 1470. The van der Waals surface area contributed by atoms with E-state index < -0.39 is 0 Å². The largest absolute Gasteiger partial charge is 0.470 e. The Kier molecular flexibility index (Phi) is 5.62. The summed E-state index contributed by atoms with van der Waals surface area (Å²) in [5.74, 6) is 1.38. The van der Waals surface area contributed by atoms with Gasteiger partial charge in [0.1, 0.15) is 12.4 Å². The number of hydrogen-bond donors (Lipinski definition) is 1. The first-order valence-electron chi connectivity index (χ1n) is 11.0. The van der Waals surface area contributed by atoms with E-state index in [1.165, 1.54) is 0 Å². The minimum absolute atomic E-state index is 0.105. The van der Waals surface area contributed by atoms with Gasteiger partial charge < -0.3 is 14.6 Å². The Morgan fingerprint density at radius 3 is 2.71 bits per heavy atom. The Morgan fingerprint density at radius 1 is 1.18 bits per heavy atom. The molecule has 0 spiro atoms. The molecule has 0 aliphatic carbocycles. The number of amides is 1. The highest BCUT2D eigenvalue weighted by Crippen LogP contribution is 2.29. The Balaban J connectivity index is 1.43. The van der Waals surface area contributed by atoms with E-state index in [1.54, 1.807) is 28.9 Å². The van der Waals surface area contributed by atoms with Gasteiger partial charge in [-0.2, -0.15) is 4.52 Å². The maximum Gasteiger partial charge on any atom is 0.253 e. The molecule has 1 atom stereocenters. The molecular weight excluding hydrogens is 434 g/mol. The topological polar surface area (TPSA) is 120 Å². The summed E-state index contributed by atoms with van der Waals surface area (Å²) >= 11 is 0. The molecule has 5 rings (SSSR count).